The van der Waals surface area contributed by atoms with Crippen molar-refractivity contribution in [1.82, 2.24) is 5.32 Å². The van der Waals surface area contributed by atoms with Crippen LogP contribution in [0.15, 0.2) is 48.6 Å². The average Bonchev–Trinajstić information content (AvgIpc) is 3.59. The van der Waals surface area contributed by atoms with Gasteiger partial charge in [0.05, 0.1) is 25.4 Å². The Morgan fingerprint density at radius 3 is 0.830 bits per heavy atom. The molecule has 0 fully saturated rings. The van der Waals surface area contributed by atoms with E-state index >= 15 is 0 Å². The zero-order chi connectivity index (χ0) is 67.7. The third kappa shape index (κ3) is 78.8. The molecule has 0 aliphatic heterocycles. The number of allylic oxidation sites excluding steroid dienone is 8. The number of hydrogen-bond donors (Lipinski definition) is 3. The quantitative estimate of drug-likeness (QED) is 0.0320. The fourth-order valence-corrected chi connectivity index (χ4v) is 13.6. The van der Waals surface area contributed by atoms with Gasteiger partial charge in [-0.25, -0.2) is 0 Å². The number of carbonyl (C=O) groups excluding carboxylic acids is 2. The van der Waals surface area contributed by atoms with E-state index in [4.69, 9.17) is 4.74 Å². The number of aliphatic hydroxyl groups is 2. The molecule has 0 radical (unpaired) electrons. The van der Waals surface area contributed by atoms with E-state index in [-0.39, 0.29) is 18.5 Å². The van der Waals surface area contributed by atoms with Crippen LogP contribution >= 0.6 is 0 Å². The molecule has 0 aromatic carbocycles. The molecule has 0 aliphatic carbocycles. The van der Waals surface area contributed by atoms with Crippen LogP contribution in [-0.4, -0.2) is 47.4 Å². The molecule has 3 N–H and O–H groups in total. The van der Waals surface area contributed by atoms with Crippen LogP contribution in [0.1, 0.15) is 476 Å². The highest BCUT2D eigenvalue weighted by atomic mass is 16.5. The van der Waals surface area contributed by atoms with Crippen LogP contribution in [0.25, 0.3) is 0 Å². The van der Waals surface area contributed by atoms with Crippen LogP contribution in [0.4, 0.5) is 0 Å². The summed E-state index contributed by atoms with van der Waals surface area (Å²) in [5.74, 6) is -0.0212. The Bertz CT molecular complexity index is 1570. The third-order valence-corrected chi connectivity index (χ3v) is 20.1. The highest BCUT2D eigenvalue weighted by molar-refractivity contribution is 5.76. The van der Waals surface area contributed by atoms with E-state index in [1.54, 1.807) is 0 Å². The van der Waals surface area contributed by atoms with Gasteiger partial charge in [0.2, 0.25) is 5.91 Å². The second-order valence-corrected chi connectivity index (χ2v) is 29.5. The summed E-state index contributed by atoms with van der Waals surface area (Å²) in [7, 11) is 0. The number of carbonyl (C=O) groups is 2. The second-order valence-electron chi connectivity index (χ2n) is 29.5. The smallest absolute Gasteiger partial charge is 0.305 e. The lowest BCUT2D eigenvalue weighted by Crippen LogP contribution is -2.45. The molecule has 554 valence electrons. The van der Waals surface area contributed by atoms with Gasteiger partial charge in [-0.1, -0.05) is 422 Å². The van der Waals surface area contributed by atoms with Crippen molar-refractivity contribution in [3.05, 3.63) is 48.6 Å². The maximum atomic E-state index is 12.6. The molecule has 0 saturated carbocycles. The molecule has 0 aromatic heterocycles. The van der Waals surface area contributed by atoms with Crippen LogP contribution in [-0.2, 0) is 14.3 Å². The number of ether oxygens (including phenoxy) is 1. The fraction of sp³-hybridized carbons (Fsp3) is 0.886. The summed E-state index contributed by atoms with van der Waals surface area (Å²) in [4.78, 5) is 24.7. The molecule has 1 amide bonds. The summed E-state index contributed by atoms with van der Waals surface area (Å²) in [6.07, 6.45) is 111. The molecule has 0 bridgehead atoms. The fourth-order valence-electron chi connectivity index (χ4n) is 13.6. The monoisotopic (exact) mass is 1320 g/mol. The van der Waals surface area contributed by atoms with Gasteiger partial charge in [-0.15, -0.1) is 0 Å². The van der Waals surface area contributed by atoms with E-state index in [2.05, 4.69) is 67.8 Å². The van der Waals surface area contributed by atoms with Crippen molar-refractivity contribution in [3.63, 3.8) is 0 Å². The first-order chi connectivity index (χ1) is 46.5. The van der Waals surface area contributed by atoms with Crippen molar-refractivity contribution in [2.24, 2.45) is 0 Å². The van der Waals surface area contributed by atoms with Crippen molar-refractivity contribution in [2.75, 3.05) is 13.2 Å². The molecule has 0 spiro atoms. The molecular formula is C88H167NO5. The predicted molar refractivity (Wildman–Crippen MR) is 416 cm³/mol. The van der Waals surface area contributed by atoms with E-state index in [0.717, 1.165) is 57.8 Å². The van der Waals surface area contributed by atoms with E-state index in [9.17, 15) is 19.8 Å². The highest BCUT2D eigenvalue weighted by Gasteiger charge is 2.20. The Morgan fingerprint density at radius 2 is 0.532 bits per heavy atom. The van der Waals surface area contributed by atoms with E-state index in [1.807, 2.05) is 0 Å². The SMILES string of the molecule is CCCCC/C=C\C/C=C\CCCCCCCC(=O)OCCCCCCCCCCCCCCC/C=C\C/C=C\CCCCCCCCCCCCCCCCCCCC(=O)NC(CO)C(O)CCCCCCCCCCCCCCCCCCCCCCCCCCC. The van der Waals surface area contributed by atoms with Crippen molar-refractivity contribution < 1.29 is 24.5 Å². The predicted octanol–water partition coefficient (Wildman–Crippen LogP) is 28.7. The van der Waals surface area contributed by atoms with E-state index in [0.29, 0.717) is 25.9 Å². The van der Waals surface area contributed by atoms with Crippen molar-refractivity contribution in [3.8, 4) is 0 Å². The Labute approximate surface area is 588 Å². The summed E-state index contributed by atoms with van der Waals surface area (Å²) < 4.78 is 5.49. The number of unbranched alkanes of at least 4 members (excludes halogenated alkanes) is 62. The first-order valence-electron chi connectivity index (χ1n) is 42.9. The summed E-state index contributed by atoms with van der Waals surface area (Å²) in [5, 5.41) is 23.5. The minimum absolute atomic E-state index is 0.00530. The number of amides is 1. The minimum atomic E-state index is -0.665. The Hall–Kier alpha value is -2.18. The third-order valence-electron chi connectivity index (χ3n) is 20.1. The number of rotatable bonds is 81. The lowest BCUT2D eigenvalue weighted by Gasteiger charge is -2.22. The summed E-state index contributed by atoms with van der Waals surface area (Å²) in [5.41, 5.74) is 0. The van der Waals surface area contributed by atoms with Crippen molar-refractivity contribution in [2.45, 2.75) is 488 Å². The Kier molecular flexibility index (Phi) is 81.3. The van der Waals surface area contributed by atoms with Gasteiger partial charge in [-0.3, -0.25) is 9.59 Å². The van der Waals surface area contributed by atoms with Crippen molar-refractivity contribution in [1.29, 1.82) is 0 Å². The first-order valence-corrected chi connectivity index (χ1v) is 42.9. The highest BCUT2D eigenvalue weighted by Crippen LogP contribution is 2.20. The summed E-state index contributed by atoms with van der Waals surface area (Å²) in [6, 6.07) is -0.542. The lowest BCUT2D eigenvalue weighted by molar-refractivity contribution is -0.143. The van der Waals surface area contributed by atoms with E-state index < -0.39 is 12.1 Å². The van der Waals surface area contributed by atoms with Gasteiger partial charge in [0.1, 0.15) is 0 Å². The molecule has 0 heterocycles. The van der Waals surface area contributed by atoms with Gasteiger partial charge in [-0.2, -0.15) is 0 Å². The molecule has 0 saturated heterocycles. The molecule has 94 heavy (non-hydrogen) atoms. The zero-order valence-electron chi connectivity index (χ0n) is 63.7. The van der Waals surface area contributed by atoms with Crippen LogP contribution in [0.5, 0.6) is 0 Å². The molecule has 6 heteroatoms. The van der Waals surface area contributed by atoms with Gasteiger partial charge in [0.25, 0.3) is 0 Å². The van der Waals surface area contributed by atoms with Crippen LogP contribution < -0.4 is 5.32 Å². The normalized spacial score (nSPS) is 12.7. The number of aliphatic hydroxyl groups excluding tert-OH is 2. The number of esters is 1. The van der Waals surface area contributed by atoms with Gasteiger partial charge < -0.3 is 20.3 Å². The lowest BCUT2D eigenvalue weighted by atomic mass is 10.0. The maximum Gasteiger partial charge on any atom is 0.305 e. The molecule has 2 atom stereocenters. The molecule has 0 rings (SSSR count). The van der Waals surface area contributed by atoms with Crippen LogP contribution in [0.2, 0.25) is 0 Å². The summed E-state index contributed by atoms with van der Waals surface area (Å²) in [6.45, 7) is 4.97. The molecule has 6 nitrogen and oxygen atoms in total. The molecule has 2 unspecified atom stereocenters. The largest absolute Gasteiger partial charge is 0.466 e. The maximum absolute atomic E-state index is 12.6. The molecule has 0 aromatic rings. The van der Waals surface area contributed by atoms with Gasteiger partial charge in [-0.05, 0) is 89.9 Å². The van der Waals surface area contributed by atoms with Crippen LogP contribution in [0.3, 0.4) is 0 Å². The number of hydrogen-bond acceptors (Lipinski definition) is 5. The topological polar surface area (TPSA) is 95.9 Å². The van der Waals surface area contributed by atoms with E-state index in [1.165, 1.54) is 385 Å². The Morgan fingerprint density at radius 1 is 0.298 bits per heavy atom. The first kappa shape index (κ1) is 91.8. The molecular weight excluding hydrogens is 1150 g/mol. The van der Waals surface area contributed by atoms with Gasteiger partial charge in [0.15, 0.2) is 0 Å². The zero-order valence-corrected chi connectivity index (χ0v) is 63.7. The van der Waals surface area contributed by atoms with Crippen molar-refractivity contribution >= 4 is 11.9 Å². The number of nitrogens with one attached hydrogen (secondary N) is 1. The standard InChI is InChI=1S/C88H167NO5/c1-3-5-7-9-11-13-15-17-19-20-21-22-23-37-40-43-46-49-53-56-60-64-68-72-76-80-86(91)85(84-90)89-87(92)81-77-73-69-65-61-57-54-50-47-44-41-38-35-33-31-29-27-25-24-26-28-30-32-34-36-39-42-45-48-51-55-59-63-67-71-75-79-83-94-88(93)82-78-74-70-66-62-58-52-18-16-14-12-10-8-6-4-2/h12,14,18,24,26,30,32,52,85-86,90-91H,3-11,13,15-17,19-23,25,27-29,31,33-51,53-84H2,1-2H3,(H,89,92)/b14-12-,26-24-,32-30-,52-18-. The van der Waals surface area contributed by atoms with Crippen LogP contribution in [0, 0.1) is 0 Å². The van der Waals surface area contributed by atoms with Gasteiger partial charge >= 0.3 is 5.97 Å². The summed E-state index contributed by atoms with van der Waals surface area (Å²) >= 11 is 0. The average molecular weight is 1320 g/mol. The Balaban J connectivity index is 3.37. The van der Waals surface area contributed by atoms with Gasteiger partial charge in [0, 0.05) is 12.8 Å². The second kappa shape index (κ2) is 83.2. The molecule has 0 aliphatic rings. The minimum Gasteiger partial charge on any atom is -0.466 e.